The lowest BCUT2D eigenvalue weighted by atomic mass is 10.1. The molecule has 16 heavy (non-hydrogen) atoms. The number of hydrogen-bond acceptors (Lipinski definition) is 3. The average Bonchev–Trinajstić information content (AvgIpc) is 2.29. The molecular formula is C13H19NO2. The fourth-order valence-corrected chi connectivity index (χ4v) is 1.68. The molecule has 0 heterocycles. The molecule has 0 aliphatic heterocycles. The number of ether oxygens (including phenoxy) is 1. The highest BCUT2D eigenvalue weighted by atomic mass is 16.5. The summed E-state index contributed by atoms with van der Waals surface area (Å²) < 4.78 is 5.01. The van der Waals surface area contributed by atoms with Gasteiger partial charge in [-0.3, -0.25) is 4.79 Å². The number of carbonyl (C=O) groups is 1. The van der Waals surface area contributed by atoms with E-state index >= 15 is 0 Å². The summed E-state index contributed by atoms with van der Waals surface area (Å²) >= 11 is 0. The molecule has 0 saturated heterocycles. The number of carbonyl (C=O) groups excluding carboxylic acids is 1. The van der Waals surface area contributed by atoms with Crippen molar-refractivity contribution in [3.05, 3.63) is 29.3 Å². The van der Waals surface area contributed by atoms with Crippen molar-refractivity contribution in [1.82, 2.24) is 0 Å². The SMILES string of the molecule is COCCCN(C)c1ccc(C)cc1C=O. The highest BCUT2D eigenvalue weighted by Crippen LogP contribution is 2.19. The minimum atomic E-state index is 0.743. The fourth-order valence-electron chi connectivity index (χ4n) is 1.68. The van der Waals surface area contributed by atoms with Gasteiger partial charge in [0, 0.05) is 38.6 Å². The smallest absolute Gasteiger partial charge is 0.152 e. The van der Waals surface area contributed by atoms with Crippen LogP contribution in [0.15, 0.2) is 18.2 Å². The summed E-state index contributed by atoms with van der Waals surface area (Å²) in [7, 11) is 3.69. The van der Waals surface area contributed by atoms with E-state index < -0.39 is 0 Å². The number of nitrogens with zero attached hydrogens (tertiary/aromatic N) is 1. The van der Waals surface area contributed by atoms with Gasteiger partial charge in [-0.05, 0) is 25.5 Å². The Morgan fingerprint density at radius 2 is 2.19 bits per heavy atom. The molecule has 0 saturated carbocycles. The van der Waals surface area contributed by atoms with Crippen LogP contribution in [-0.4, -0.2) is 33.6 Å². The van der Waals surface area contributed by atoms with Gasteiger partial charge in [0.2, 0.25) is 0 Å². The third-order valence-electron chi connectivity index (χ3n) is 2.56. The molecule has 1 aromatic carbocycles. The van der Waals surface area contributed by atoms with Crippen molar-refractivity contribution >= 4 is 12.0 Å². The van der Waals surface area contributed by atoms with Gasteiger partial charge in [0.15, 0.2) is 6.29 Å². The van der Waals surface area contributed by atoms with E-state index in [9.17, 15) is 4.79 Å². The van der Waals surface area contributed by atoms with Crippen LogP contribution in [0.5, 0.6) is 0 Å². The maximum Gasteiger partial charge on any atom is 0.152 e. The number of aldehydes is 1. The number of hydrogen-bond donors (Lipinski definition) is 0. The molecule has 0 amide bonds. The number of rotatable bonds is 6. The average molecular weight is 221 g/mol. The van der Waals surface area contributed by atoms with Gasteiger partial charge in [-0.15, -0.1) is 0 Å². The Bertz CT molecular complexity index is 350. The van der Waals surface area contributed by atoms with Crippen LogP contribution >= 0.6 is 0 Å². The normalized spacial score (nSPS) is 10.2. The van der Waals surface area contributed by atoms with Gasteiger partial charge in [-0.25, -0.2) is 0 Å². The van der Waals surface area contributed by atoms with Crippen LogP contribution in [0, 0.1) is 6.92 Å². The van der Waals surface area contributed by atoms with Crippen molar-refractivity contribution in [2.45, 2.75) is 13.3 Å². The Morgan fingerprint density at radius 3 is 2.81 bits per heavy atom. The lowest BCUT2D eigenvalue weighted by molar-refractivity contribution is 0.112. The molecule has 0 aliphatic carbocycles. The number of aryl methyl sites for hydroxylation is 1. The minimum Gasteiger partial charge on any atom is -0.385 e. The Labute approximate surface area is 97.0 Å². The predicted octanol–water partition coefficient (Wildman–Crippen LogP) is 2.28. The lowest BCUT2D eigenvalue weighted by Crippen LogP contribution is -2.21. The van der Waals surface area contributed by atoms with Gasteiger partial charge in [-0.2, -0.15) is 0 Å². The fraction of sp³-hybridized carbons (Fsp3) is 0.462. The topological polar surface area (TPSA) is 29.5 Å². The summed E-state index contributed by atoms with van der Waals surface area (Å²) in [6, 6.07) is 5.93. The molecule has 1 aromatic rings. The van der Waals surface area contributed by atoms with E-state index in [1.807, 2.05) is 32.2 Å². The summed E-state index contributed by atoms with van der Waals surface area (Å²) in [5, 5.41) is 0. The van der Waals surface area contributed by atoms with Crippen LogP contribution in [0.25, 0.3) is 0 Å². The van der Waals surface area contributed by atoms with Gasteiger partial charge in [0.25, 0.3) is 0 Å². The molecule has 88 valence electrons. The molecular weight excluding hydrogens is 202 g/mol. The second kappa shape index (κ2) is 6.28. The van der Waals surface area contributed by atoms with Gasteiger partial charge < -0.3 is 9.64 Å². The van der Waals surface area contributed by atoms with Crippen molar-refractivity contribution in [2.24, 2.45) is 0 Å². The second-order valence-corrected chi connectivity index (χ2v) is 3.95. The summed E-state index contributed by atoms with van der Waals surface area (Å²) in [6.45, 7) is 3.62. The Hall–Kier alpha value is -1.35. The van der Waals surface area contributed by atoms with E-state index in [0.29, 0.717) is 0 Å². The minimum absolute atomic E-state index is 0.743. The molecule has 0 unspecified atom stereocenters. The first-order valence-electron chi connectivity index (χ1n) is 5.45. The molecule has 0 atom stereocenters. The van der Waals surface area contributed by atoms with Crippen LogP contribution in [0.2, 0.25) is 0 Å². The van der Waals surface area contributed by atoms with Crippen molar-refractivity contribution in [1.29, 1.82) is 0 Å². The van der Waals surface area contributed by atoms with Gasteiger partial charge in [0.1, 0.15) is 0 Å². The van der Waals surface area contributed by atoms with Gasteiger partial charge >= 0.3 is 0 Å². The monoisotopic (exact) mass is 221 g/mol. The molecule has 3 nitrogen and oxygen atoms in total. The van der Waals surface area contributed by atoms with E-state index in [1.165, 1.54) is 0 Å². The van der Waals surface area contributed by atoms with E-state index in [2.05, 4.69) is 4.90 Å². The third kappa shape index (κ3) is 3.35. The highest BCUT2D eigenvalue weighted by Gasteiger charge is 2.06. The van der Waals surface area contributed by atoms with Crippen LogP contribution in [0.3, 0.4) is 0 Å². The first kappa shape index (κ1) is 12.7. The maximum absolute atomic E-state index is 11.0. The molecule has 0 spiro atoms. The summed E-state index contributed by atoms with van der Waals surface area (Å²) in [6.07, 6.45) is 1.87. The van der Waals surface area contributed by atoms with Crippen molar-refractivity contribution in [3.8, 4) is 0 Å². The molecule has 0 aliphatic rings. The summed E-state index contributed by atoms with van der Waals surface area (Å²) in [5.41, 5.74) is 2.84. The van der Waals surface area contributed by atoms with Crippen molar-refractivity contribution in [2.75, 3.05) is 32.2 Å². The number of benzene rings is 1. The largest absolute Gasteiger partial charge is 0.385 e. The van der Waals surface area contributed by atoms with Crippen LogP contribution in [-0.2, 0) is 4.74 Å². The molecule has 1 rings (SSSR count). The van der Waals surface area contributed by atoms with Crippen LogP contribution < -0.4 is 4.90 Å². The molecule has 0 N–H and O–H groups in total. The zero-order chi connectivity index (χ0) is 12.0. The first-order valence-corrected chi connectivity index (χ1v) is 5.45. The molecule has 0 bridgehead atoms. The number of methoxy groups -OCH3 is 1. The third-order valence-corrected chi connectivity index (χ3v) is 2.56. The molecule has 0 radical (unpaired) electrons. The zero-order valence-electron chi connectivity index (χ0n) is 10.2. The second-order valence-electron chi connectivity index (χ2n) is 3.95. The zero-order valence-corrected chi connectivity index (χ0v) is 10.2. The summed E-state index contributed by atoms with van der Waals surface area (Å²) in [4.78, 5) is 13.0. The van der Waals surface area contributed by atoms with Gasteiger partial charge in [-0.1, -0.05) is 11.6 Å². The van der Waals surface area contributed by atoms with E-state index in [0.717, 1.165) is 42.7 Å². The van der Waals surface area contributed by atoms with Crippen LogP contribution in [0.4, 0.5) is 5.69 Å². The standard InChI is InChI=1S/C13H19NO2/c1-11-5-6-13(12(9-11)10-15)14(2)7-4-8-16-3/h5-6,9-10H,4,7-8H2,1-3H3. The molecule has 0 aromatic heterocycles. The Kier molecular flexibility index (Phi) is 4.99. The first-order chi connectivity index (χ1) is 7.69. The number of anilines is 1. The van der Waals surface area contributed by atoms with Crippen molar-refractivity contribution < 1.29 is 9.53 Å². The van der Waals surface area contributed by atoms with E-state index in [1.54, 1.807) is 7.11 Å². The predicted molar refractivity (Wildman–Crippen MR) is 66.3 cm³/mol. The van der Waals surface area contributed by atoms with E-state index in [-0.39, 0.29) is 0 Å². The maximum atomic E-state index is 11.0. The molecule has 3 heteroatoms. The van der Waals surface area contributed by atoms with Crippen molar-refractivity contribution in [3.63, 3.8) is 0 Å². The summed E-state index contributed by atoms with van der Waals surface area (Å²) in [5.74, 6) is 0. The van der Waals surface area contributed by atoms with E-state index in [4.69, 9.17) is 4.74 Å². The highest BCUT2D eigenvalue weighted by molar-refractivity contribution is 5.84. The lowest BCUT2D eigenvalue weighted by Gasteiger charge is -2.21. The van der Waals surface area contributed by atoms with Crippen LogP contribution in [0.1, 0.15) is 22.3 Å². The van der Waals surface area contributed by atoms with Gasteiger partial charge in [0.05, 0.1) is 0 Å². The Morgan fingerprint density at radius 1 is 1.44 bits per heavy atom. The Balaban J connectivity index is 2.74. The molecule has 0 fully saturated rings. The quantitative estimate of drug-likeness (QED) is 0.545.